The number of para-hydroxylation sites is 1. The lowest BCUT2D eigenvalue weighted by atomic mass is 10.0. The number of rotatable bonds is 6. The molecule has 0 amide bonds. The van der Waals surface area contributed by atoms with E-state index in [0.29, 0.717) is 6.42 Å². The number of hydrogen-bond acceptors (Lipinski definition) is 2. The molecule has 120 valence electrons. The van der Waals surface area contributed by atoms with Gasteiger partial charge >= 0.3 is 12.5 Å². The van der Waals surface area contributed by atoms with E-state index in [4.69, 9.17) is 0 Å². The molecule has 0 radical (unpaired) electrons. The molecule has 0 aliphatic heterocycles. The van der Waals surface area contributed by atoms with Crippen LogP contribution in [0.3, 0.4) is 0 Å². The minimum absolute atomic E-state index is 0.166. The molecule has 0 spiro atoms. The Labute approximate surface area is 118 Å². The van der Waals surface area contributed by atoms with Crippen LogP contribution in [0.15, 0.2) is 24.3 Å². The van der Waals surface area contributed by atoms with Gasteiger partial charge in [-0.25, -0.2) is 0 Å². The van der Waals surface area contributed by atoms with Gasteiger partial charge in [-0.3, -0.25) is 0 Å². The molecule has 0 aromatic heterocycles. The predicted octanol–water partition coefficient (Wildman–Crippen LogP) is 4.58. The lowest BCUT2D eigenvalue weighted by Gasteiger charge is -2.23. The molecule has 0 heterocycles. The van der Waals surface area contributed by atoms with Gasteiger partial charge in [-0.15, -0.1) is 13.2 Å². The molecule has 8 heteroatoms. The quantitative estimate of drug-likeness (QED) is 0.776. The summed E-state index contributed by atoms with van der Waals surface area (Å²) in [7, 11) is 0. The molecule has 21 heavy (non-hydrogen) atoms. The van der Waals surface area contributed by atoms with Crippen molar-refractivity contribution in [3.05, 3.63) is 29.8 Å². The maximum atomic E-state index is 12.6. The van der Waals surface area contributed by atoms with Crippen LogP contribution in [0.25, 0.3) is 0 Å². The summed E-state index contributed by atoms with van der Waals surface area (Å²) in [6.07, 6.45) is -10.2. The van der Waals surface area contributed by atoms with Crippen LogP contribution < -0.4 is 10.1 Å². The Morgan fingerprint density at radius 1 is 1.10 bits per heavy atom. The zero-order valence-corrected chi connectivity index (χ0v) is 11.2. The highest BCUT2D eigenvalue weighted by Crippen LogP contribution is 2.35. The van der Waals surface area contributed by atoms with Crippen molar-refractivity contribution in [2.45, 2.75) is 38.3 Å². The van der Waals surface area contributed by atoms with E-state index in [1.54, 1.807) is 6.92 Å². The summed E-state index contributed by atoms with van der Waals surface area (Å²) in [6, 6.07) is 3.55. The van der Waals surface area contributed by atoms with Crippen LogP contribution in [0.1, 0.15) is 31.4 Å². The fraction of sp³-hybridized carbons (Fsp3) is 0.538. The Morgan fingerprint density at radius 3 is 2.24 bits per heavy atom. The normalized spacial score (nSPS) is 14.0. The van der Waals surface area contributed by atoms with Gasteiger partial charge < -0.3 is 10.1 Å². The molecule has 1 unspecified atom stereocenters. The maximum Gasteiger partial charge on any atom is 0.573 e. The first kappa shape index (κ1) is 17.6. The minimum Gasteiger partial charge on any atom is -0.405 e. The Kier molecular flexibility index (Phi) is 5.88. The van der Waals surface area contributed by atoms with Gasteiger partial charge in [0.15, 0.2) is 0 Å². The summed E-state index contributed by atoms with van der Waals surface area (Å²) in [5.74, 6) is -0.622. The standard InChI is InChI=1S/C13H15F6NO/c1-2-7-20-10(8-12(14,15)16)9-5-3-4-6-11(9)21-13(17,18)19/h3-6,10,20H,2,7-8H2,1H3. The lowest BCUT2D eigenvalue weighted by molar-refractivity contribution is -0.275. The second-order valence-electron chi connectivity index (χ2n) is 4.41. The zero-order valence-electron chi connectivity index (χ0n) is 11.2. The number of halogens is 6. The van der Waals surface area contributed by atoms with Crippen molar-refractivity contribution in [1.29, 1.82) is 0 Å². The summed E-state index contributed by atoms with van der Waals surface area (Å²) in [6.45, 7) is 2.00. The van der Waals surface area contributed by atoms with Crippen molar-refractivity contribution in [3.8, 4) is 5.75 Å². The van der Waals surface area contributed by atoms with E-state index in [1.165, 1.54) is 18.2 Å². The number of alkyl halides is 6. The second kappa shape index (κ2) is 7.02. The topological polar surface area (TPSA) is 21.3 Å². The second-order valence-corrected chi connectivity index (χ2v) is 4.41. The van der Waals surface area contributed by atoms with Gasteiger partial charge in [-0.2, -0.15) is 13.2 Å². The van der Waals surface area contributed by atoms with Crippen molar-refractivity contribution in [1.82, 2.24) is 5.32 Å². The molecule has 0 saturated heterocycles. The Bertz CT molecular complexity index is 443. The summed E-state index contributed by atoms with van der Waals surface area (Å²) >= 11 is 0. The maximum absolute atomic E-state index is 12.6. The molecule has 1 aromatic rings. The third-order valence-electron chi connectivity index (χ3n) is 2.60. The van der Waals surface area contributed by atoms with Gasteiger partial charge in [-0.1, -0.05) is 25.1 Å². The summed E-state index contributed by atoms with van der Waals surface area (Å²) in [5, 5.41) is 2.60. The highest BCUT2D eigenvalue weighted by Gasteiger charge is 2.36. The molecule has 1 N–H and O–H groups in total. The smallest absolute Gasteiger partial charge is 0.405 e. The fourth-order valence-electron chi connectivity index (χ4n) is 1.83. The molecule has 2 nitrogen and oxygen atoms in total. The van der Waals surface area contributed by atoms with E-state index in [-0.39, 0.29) is 12.1 Å². The molecule has 1 rings (SSSR count). The third kappa shape index (κ3) is 6.70. The van der Waals surface area contributed by atoms with Gasteiger partial charge in [-0.05, 0) is 19.0 Å². The molecule has 0 aliphatic carbocycles. The average molecular weight is 315 g/mol. The SMILES string of the molecule is CCCNC(CC(F)(F)F)c1ccccc1OC(F)(F)F. The zero-order chi connectivity index (χ0) is 16.1. The van der Waals surface area contributed by atoms with Crippen molar-refractivity contribution in [2.75, 3.05) is 6.54 Å². The van der Waals surface area contributed by atoms with E-state index in [1.807, 2.05) is 0 Å². The highest BCUT2D eigenvalue weighted by atomic mass is 19.4. The first-order valence-electron chi connectivity index (χ1n) is 6.27. The van der Waals surface area contributed by atoms with E-state index in [0.717, 1.165) is 6.07 Å². The molecule has 0 fully saturated rings. The predicted molar refractivity (Wildman–Crippen MR) is 64.8 cm³/mol. The summed E-state index contributed by atoms with van der Waals surface area (Å²) < 4.78 is 78.5. The summed E-state index contributed by atoms with van der Waals surface area (Å²) in [4.78, 5) is 0. The van der Waals surface area contributed by atoms with Crippen molar-refractivity contribution < 1.29 is 31.1 Å². The molecule has 1 atom stereocenters. The van der Waals surface area contributed by atoms with E-state index in [9.17, 15) is 26.3 Å². The van der Waals surface area contributed by atoms with Crippen LogP contribution in [0, 0.1) is 0 Å². The molecular weight excluding hydrogens is 300 g/mol. The first-order chi connectivity index (χ1) is 9.62. The highest BCUT2D eigenvalue weighted by molar-refractivity contribution is 5.36. The van der Waals surface area contributed by atoms with E-state index < -0.39 is 30.8 Å². The van der Waals surface area contributed by atoms with Gasteiger partial charge in [0.1, 0.15) is 5.75 Å². The minimum atomic E-state index is -4.95. The monoisotopic (exact) mass is 315 g/mol. The van der Waals surface area contributed by atoms with Crippen LogP contribution in [0.2, 0.25) is 0 Å². The van der Waals surface area contributed by atoms with Crippen molar-refractivity contribution in [3.63, 3.8) is 0 Å². The molecule has 1 aromatic carbocycles. The van der Waals surface area contributed by atoms with Gasteiger partial charge in [0, 0.05) is 11.6 Å². The van der Waals surface area contributed by atoms with Crippen LogP contribution in [-0.2, 0) is 0 Å². The van der Waals surface area contributed by atoms with Crippen LogP contribution in [0.5, 0.6) is 5.75 Å². The van der Waals surface area contributed by atoms with E-state index >= 15 is 0 Å². The largest absolute Gasteiger partial charge is 0.573 e. The number of ether oxygens (including phenoxy) is 1. The van der Waals surface area contributed by atoms with Gasteiger partial charge in [0.05, 0.1) is 6.42 Å². The lowest BCUT2D eigenvalue weighted by Crippen LogP contribution is -2.28. The summed E-state index contributed by atoms with van der Waals surface area (Å²) in [5.41, 5.74) is -0.166. The molecular formula is C13H15F6NO. The Hall–Kier alpha value is -1.44. The van der Waals surface area contributed by atoms with Crippen molar-refractivity contribution in [2.24, 2.45) is 0 Å². The molecule has 0 bridgehead atoms. The number of hydrogen-bond donors (Lipinski definition) is 1. The van der Waals surface area contributed by atoms with Crippen LogP contribution in [0.4, 0.5) is 26.3 Å². The molecule has 0 saturated carbocycles. The third-order valence-corrected chi connectivity index (χ3v) is 2.60. The first-order valence-corrected chi connectivity index (χ1v) is 6.27. The Morgan fingerprint density at radius 2 is 1.71 bits per heavy atom. The van der Waals surface area contributed by atoms with Gasteiger partial charge in [0.25, 0.3) is 0 Å². The number of nitrogens with one attached hydrogen (secondary N) is 1. The fourth-order valence-corrected chi connectivity index (χ4v) is 1.83. The Balaban J connectivity index is 3.05. The average Bonchev–Trinajstić information content (AvgIpc) is 2.32. The number of benzene rings is 1. The van der Waals surface area contributed by atoms with Crippen LogP contribution in [-0.4, -0.2) is 19.1 Å². The van der Waals surface area contributed by atoms with Gasteiger partial charge in [0.2, 0.25) is 0 Å². The van der Waals surface area contributed by atoms with E-state index in [2.05, 4.69) is 10.1 Å². The van der Waals surface area contributed by atoms with Crippen LogP contribution >= 0.6 is 0 Å². The van der Waals surface area contributed by atoms with Crippen molar-refractivity contribution >= 4 is 0 Å². The molecule has 0 aliphatic rings.